The van der Waals surface area contributed by atoms with Gasteiger partial charge in [0.05, 0.1) is 17.6 Å². The van der Waals surface area contributed by atoms with E-state index < -0.39 is 11.0 Å². The lowest BCUT2D eigenvalue weighted by Gasteiger charge is -2.21. The van der Waals surface area contributed by atoms with Crippen LogP contribution in [0.3, 0.4) is 0 Å². The number of para-hydroxylation sites is 1. The molecule has 0 fully saturated rings. The first-order valence-electron chi connectivity index (χ1n) is 6.76. The minimum atomic E-state index is -0.727. The fourth-order valence-electron chi connectivity index (χ4n) is 2.18. The molecule has 118 valence electrons. The van der Waals surface area contributed by atoms with E-state index in [1.165, 1.54) is 10.9 Å². The number of nitro groups is 1. The zero-order chi connectivity index (χ0) is 16.1. The molecule has 0 aliphatic carbocycles. The van der Waals surface area contributed by atoms with E-state index in [0.29, 0.717) is 13.1 Å². The molecule has 1 aromatic heterocycles. The van der Waals surface area contributed by atoms with Gasteiger partial charge in [-0.15, -0.1) is 0 Å². The Bertz CT molecular complexity index is 643. The van der Waals surface area contributed by atoms with Crippen LogP contribution >= 0.6 is 0 Å². The Morgan fingerprint density at radius 3 is 2.82 bits per heavy atom. The minimum Gasteiger partial charge on any atom is -0.508 e. The molecule has 1 heterocycles. The van der Waals surface area contributed by atoms with Crippen molar-refractivity contribution >= 4 is 5.69 Å². The van der Waals surface area contributed by atoms with Crippen molar-refractivity contribution in [2.75, 3.05) is 13.6 Å². The molecule has 0 aliphatic heterocycles. The third-order valence-electron chi connectivity index (χ3n) is 3.18. The maximum atomic E-state index is 10.6. The molecule has 0 amide bonds. The van der Waals surface area contributed by atoms with Crippen molar-refractivity contribution < 1.29 is 15.1 Å². The Labute approximate surface area is 127 Å². The van der Waals surface area contributed by atoms with Crippen LogP contribution in [0.2, 0.25) is 0 Å². The van der Waals surface area contributed by atoms with E-state index in [1.54, 1.807) is 12.1 Å². The zero-order valence-corrected chi connectivity index (χ0v) is 12.2. The van der Waals surface area contributed by atoms with Crippen LogP contribution in [0, 0.1) is 10.1 Å². The molecule has 2 N–H and O–H groups in total. The molecule has 2 aromatic rings. The van der Waals surface area contributed by atoms with Crippen LogP contribution in [0.4, 0.5) is 5.69 Å². The SMILES string of the molecule is CN(Cc1ccccc1O)CC(O)Cn1cc([N+](=O)[O-])cn1. The molecule has 1 unspecified atom stereocenters. The molecule has 22 heavy (non-hydrogen) atoms. The van der Waals surface area contributed by atoms with Crippen LogP contribution in [-0.2, 0) is 13.1 Å². The van der Waals surface area contributed by atoms with Crippen LogP contribution in [-0.4, -0.2) is 49.5 Å². The Balaban J connectivity index is 1.86. The maximum absolute atomic E-state index is 10.6. The quantitative estimate of drug-likeness (QED) is 0.584. The van der Waals surface area contributed by atoms with Crippen molar-refractivity contribution in [3.8, 4) is 5.75 Å². The molecular weight excluding hydrogens is 288 g/mol. The van der Waals surface area contributed by atoms with Gasteiger partial charge < -0.3 is 10.2 Å². The summed E-state index contributed by atoms with van der Waals surface area (Å²) in [5, 5.41) is 34.2. The van der Waals surface area contributed by atoms with Crippen molar-refractivity contribution in [2.45, 2.75) is 19.2 Å². The predicted molar refractivity (Wildman–Crippen MR) is 79.3 cm³/mol. The number of hydrogen-bond acceptors (Lipinski definition) is 6. The molecule has 0 saturated heterocycles. The van der Waals surface area contributed by atoms with Gasteiger partial charge in [-0.05, 0) is 13.1 Å². The van der Waals surface area contributed by atoms with Gasteiger partial charge >= 0.3 is 5.69 Å². The first kappa shape index (κ1) is 15.9. The van der Waals surface area contributed by atoms with E-state index in [4.69, 9.17) is 0 Å². The van der Waals surface area contributed by atoms with Gasteiger partial charge in [-0.2, -0.15) is 5.10 Å². The summed E-state index contributed by atoms with van der Waals surface area (Å²) in [4.78, 5) is 11.9. The monoisotopic (exact) mass is 306 g/mol. The molecule has 0 spiro atoms. The molecule has 0 bridgehead atoms. The first-order valence-corrected chi connectivity index (χ1v) is 6.76. The summed E-state index contributed by atoms with van der Waals surface area (Å²) in [6, 6.07) is 7.01. The maximum Gasteiger partial charge on any atom is 0.306 e. The van der Waals surface area contributed by atoms with Gasteiger partial charge in [0.1, 0.15) is 18.1 Å². The van der Waals surface area contributed by atoms with E-state index in [0.717, 1.165) is 11.8 Å². The second-order valence-corrected chi connectivity index (χ2v) is 5.16. The summed E-state index contributed by atoms with van der Waals surface area (Å²) in [6.07, 6.45) is 1.71. The second-order valence-electron chi connectivity index (χ2n) is 5.16. The summed E-state index contributed by atoms with van der Waals surface area (Å²) >= 11 is 0. The fourth-order valence-corrected chi connectivity index (χ4v) is 2.18. The number of nitrogens with zero attached hydrogens (tertiary/aromatic N) is 4. The molecule has 0 radical (unpaired) electrons. The topological polar surface area (TPSA) is 105 Å². The van der Waals surface area contributed by atoms with Crippen LogP contribution in [0.5, 0.6) is 5.75 Å². The molecular formula is C14H18N4O4. The highest BCUT2D eigenvalue weighted by Crippen LogP contribution is 2.17. The summed E-state index contributed by atoms with van der Waals surface area (Å²) < 4.78 is 1.34. The molecule has 1 aromatic carbocycles. The normalized spacial score (nSPS) is 12.5. The van der Waals surface area contributed by atoms with Gasteiger partial charge in [0.15, 0.2) is 0 Å². The number of phenolic OH excluding ortho intramolecular Hbond substituents is 1. The van der Waals surface area contributed by atoms with Crippen LogP contribution in [0.1, 0.15) is 5.56 Å². The van der Waals surface area contributed by atoms with Gasteiger partial charge in [-0.1, -0.05) is 18.2 Å². The van der Waals surface area contributed by atoms with Crippen molar-refractivity contribution in [1.82, 2.24) is 14.7 Å². The zero-order valence-electron chi connectivity index (χ0n) is 12.2. The highest BCUT2D eigenvalue weighted by molar-refractivity contribution is 5.31. The number of aliphatic hydroxyl groups excluding tert-OH is 1. The highest BCUT2D eigenvalue weighted by atomic mass is 16.6. The van der Waals surface area contributed by atoms with Crippen LogP contribution < -0.4 is 0 Å². The summed E-state index contributed by atoms with van der Waals surface area (Å²) in [5.41, 5.74) is 0.668. The van der Waals surface area contributed by atoms with Gasteiger partial charge in [0, 0.05) is 18.7 Å². The van der Waals surface area contributed by atoms with Crippen molar-refractivity contribution in [1.29, 1.82) is 0 Å². The summed E-state index contributed by atoms with van der Waals surface area (Å²) in [6.45, 7) is 1.00. The number of aromatic hydroxyl groups is 1. The molecule has 8 heteroatoms. The standard InChI is InChI=1S/C14H18N4O4/c1-16(7-11-4-2-3-5-14(11)20)9-13(19)10-17-8-12(6-15-17)18(21)22/h2-6,8,13,19-20H,7,9-10H2,1H3. The van der Waals surface area contributed by atoms with Crippen molar-refractivity contribution in [3.63, 3.8) is 0 Å². The van der Waals surface area contributed by atoms with Crippen LogP contribution in [0.15, 0.2) is 36.7 Å². The molecule has 8 nitrogen and oxygen atoms in total. The highest BCUT2D eigenvalue weighted by Gasteiger charge is 2.14. The van der Waals surface area contributed by atoms with E-state index in [1.807, 2.05) is 24.1 Å². The summed E-state index contributed by atoms with van der Waals surface area (Å²) in [5.74, 6) is 0.214. The number of hydrogen-bond donors (Lipinski definition) is 2. The third kappa shape index (κ3) is 4.27. The number of aromatic nitrogens is 2. The predicted octanol–water partition coefficient (Wildman–Crippen LogP) is 0.990. The van der Waals surface area contributed by atoms with E-state index in [-0.39, 0.29) is 18.0 Å². The van der Waals surface area contributed by atoms with Crippen molar-refractivity contribution in [3.05, 3.63) is 52.3 Å². The largest absolute Gasteiger partial charge is 0.508 e. The summed E-state index contributed by atoms with van der Waals surface area (Å²) in [7, 11) is 1.82. The second kappa shape index (κ2) is 7.01. The number of rotatable bonds is 7. The van der Waals surface area contributed by atoms with E-state index in [9.17, 15) is 20.3 Å². The van der Waals surface area contributed by atoms with Crippen LogP contribution in [0.25, 0.3) is 0 Å². The Hall–Kier alpha value is -2.45. The molecule has 0 saturated carbocycles. The van der Waals surface area contributed by atoms with Crippen molar-refractivity contribution in [2.24, 2.45) is 0 Å². The van der Waals surface area contributed by atoms with E-state index >= 15 is 0 Å². The van der Waals surface area contributed by atoms with E-state index in [2.05, 4.69) is 5.10 Å². The van der Waals surface area contributed by atoms with Gasteiger partial charge in [-0.3, -0.25) is 19.7 Å². The Morgan fingerprint density at radius 2 is 2.18 bits per heavy atom. The lowest BCUT2D eigenvalue weighted by Crippen LogP contribution is -2.31. The molecule has 1 atom stereocenters. The Kier molecular flexibility index (Phi) is 5.08. The first-order chi connectivity index (χ1) is 10.5. The minimum absolute atomic E-state index is 0.102. The number of likely N-dealkylation sites (N-methyl/N-ethyl adjacent to an activating group) is 1. The number of phenols is 1. The smallest absolute Gasteiger partial charge is 0.306 e. The fraction of sp³-hybridized carbons (Fsp3) is 0.357. The average Bonchev–Trinajstić information content (AvgIpc) is 2.89. The number of benzene rings is 1. The molecule has 2 rings (SSSR count). The van der Waals surface area contributed by atoms with Gasteiger partial charge in [0.2, 0.25) is 0 Å². The number of aliphatic hydroxyl groups is 1. The molecule has 0 aliphatic rings. The third-order valence-corrected chi connectivity index (χ3v) is 3.18. The lowest BCUT2D eigenvalue weighted by molar-refractivity contribution is -0.385. The average molecular weight is 306 g/mol. The van der Waals surface area contributed by atoms with Gasteiger partial charge in [0.25, 0.3) is 0 Å². The lowest BCUT2D eigenvalue weighted by atomic mass is 10.2. The Morgan fingerprint density at radius 1 is 1.45 bits per heavy atom. The van der Waals surface area contributed by atoms with Gasteiger partial charge in [-0.25, -0.2) is 0 Å².